The zero-order chi connectivity index (χ0) is 13.2. The monoisotopic (exact) mass is 254 g/mol. The SMILES string of the molecule is CCC(C)N(C)C1CCCC(CO)(NC2CC2)C1. The van der Waals surface area contributed by atoms with Gasteiger partial charge < -0.3 is 15.3 Å². The van der Waals surface area contributed by atoms with Crippen LogP contribution in [0.15, 0.2) is 0 Å². The number of nitrogens with one attached hydrogen (secondary N) is 1. The molecule has 2 saturated carbocycles. The lowest BCUT2D eigenvalue weighted by Crippen LogP contribution is -2.56. The molecule has 0 amide bonds. The Morgan fingerprint density at radius 1 is 1.39 bits per heavy atom. The molecule has 2 rings (SSSR count). The van der Waals surface area contributed by atoms with E-state index in [1.165, 1.54) is 32.1 Å². The minimum Gasteiger partial charge on any atom is -0.394 e. The quantitative estimate of drug-likeness (QED) is 0.762. The Morgan fingerprint density at radius 2 is 2.11 bits per heavy atom. The molecular formula is C15H30N2O. The van der Waals surface area contributed by atoms with Crippen molar-refractivity contribution in [3.8, 4) is 0 Å². The maximum Gasteiger partial charge on any atom is 0.0613 e. The molecule has 3 heteroatoms. The molecule has 0 aromatic rings. The van der Waals surface area contributed by atoms with Crippen LogP contribution in [0.4, 0.5) is 0 Å². The normalized spacial score (nSPS) is 34.8. The minimum absolute atomic E-state index is 0.00576. The predicted octanol–water partition coefficient (Wildman–Crippen LogP) is 2.14. The van der Waals surface area contributed by atoms with Gasteiger partial charge in [0.15, 0.2) is 0 Å². The van der Waals surface area contributed by atoms with Gasteiger partial charge in [-0.1, -0.05) is 6.92 Å². The van der Waals surface area contributed by atoms with E-state index in [9.17, 15) is 5.11 Å². The molecular weight excluding hydrogens is 224 g/mol. The van der Waals surface area contributed by atoms with Gasteiger partial charge in [-0.3, -0.25) is 0 Å². The smallest absolute Gasteiger partial charge is 0.0613 e. The maximum absolute atomic E-state index is 9.83. The Morgan fingerprint density at radius 3 is 2.67 bits per heavy atom. The summed E-state index contributed by atoms with van der Waals surface area (Å²) in [6.45, 7) is 4.86. The van der Waals surface area contributed by atoms with E-state index in [1.807, 2.05) is 0 Å². The molecule has 0 heterocycles. The lowest BCUT2D eigenvalue weighted by Gasteiger charge is -2.45. The van der Waals surface area contributed by atoms with Crippen molar-refractivity contribution >= 4 is 0 Å². The Balaban J connectivity index is 1.96. The van der Waals surface area contributed by atoms with Crippen LogP contribution in [-0.2, 0) is 0 Å². The predicted molar refractivity (Wildman–Crippen MR) is 75.7 cm³/mol. The fraction of sp³-hybridized carbons (Fsp3) is 1.00. The van der Waals surface area contributed by atoms with Gasteiger partial charge in [-0.2, -0.15) is 0 Å². The highest BCUT2D eigenvalue weighted by Gasteiger charge is 2.41. The number of nitrogens with zero attached hydrogens (tertiary/aromatic N) is 1. The van der Waals surface area contributed by atoms with Crippen LogP contribution in [-0.4, -0.2) is 47.3 Å². The number of aliphatic hydroxyl groups excluding tert-OH is 1. The molecule has 0 spiro atoms. The lowest BCUT2D eigenvalue weighted by atomic mass is 9.78. The van der Waals surface area contributed by atoms with E-state index >= 15 is 0 Å². The van der Waals surface area contributed by atoms with Crippen LogP contribution in [0.25, 0.3) is 0 Å². The molecule has 106 valence electrons. The van der Waals surface area contributed by atoms with Gasteiger partial charge in [0.2, 0.25) is 0 Å². The summed E-state index contributed by atoms with van der Waals surface area (Å²) in [5.41, 5.74) is 0.00576. The van der Waals surface area contributed by atoms with Gasteiger partial charge in [-0.25, -0.2) is 0 Å². The number of aliphatic hydroxyl groups is 1. The van der Waals surface area contributed by atoms with Gasteiger partial charge in [-0.15, -0.1) is 0 Å². The Kier molecular flexibility index (Phi) is 4.68. The second kappa shape index (κ2) is 5.89. The third-order valence-corrected chi connectivity index (χ3v) is 5.07. The molecule has 3 unspecified atom stereocenters. The van der Waals surface area contributed by atoms with Gasteiger partial charge in [0.1, 0.15) is 0 Å². The van der Waals surface area contributed by atoms with Gasteiger partial charge in [0.05, 0.1) is 6.61 Å². The van der Waals surface area contributed by atoms with E-state index in [0.29, 0.717) is 24.7 Å². The molecule has 3 nitrogen and oxygen atoms in total. The molecule has 0 saturated heterocycles. The van der Waals surface area contributed by atoms with Gasteiger partial charge >= 0.3 is 0 Å². The third kappa shape index (κ3) is 3.25. The molecule has 3 atom stereocenters. The highest BCUT2D eigenvalue weighted by Crippen LogP contribution is 2.34. The maximum atomic E-state index is 9.83. The van der Waals surface area contributed by atoms with Crippen LogP contribution in [0.5, 0.6) is 0 Å². The summed E-state index contributed by atoms with van der Waals surface area (Å²) in [6.07, 6.45) is 8.59. The first-order chi connectivity index (χ1) is 8.60. The highest BCUT2D eigenvalue weighted by molar-refractivity contribution is 5.00. The van der Waals surface area contributed by atoms with E-state index in [2.05, 4.69) is 31.1 Å². The van der Waals surface area contributed by atoms with Crippen LogP contribution in [0.2, 0.25) is 0 Å². The second-order valence-electron chi connectivity index (χ2n) is 6.53. The zero-order valence-corrected chi connectivity index (χ0v) is 12.3. The summed E-state index contributed by atoms with van der Waals surface area (Å²) in [7, 11) is 2.25. The third-order valence-electron chi connectivity index (χ3n) is 5.07. The van der Waals surface area contributed by atoms with Gasteiger partial charge in [-0.05, 0) is 58.9 Å². The van der Waals surface area contributed by atoms with Gasteiger partial charge in [0, 0.05) is 23.7 Å². The van der Waals surface area contributed by atoms with Crippen molar-refractivity contribution in [3.63, 3.8) is 0 Å². The zero-order valence-electron chi connectivity index (χ0n) is 12.3. The van der Waals surface area contributed by atoms with Gasteiger partial charge in [0.25, 0.3) is 0 Å². The van der Waals surface area contributed by atoms with Crippen molar-refractivity contribution in [2.24, 2.45) is 0 Å². The fourth-order valence-corrected chi connectivity index (χ4v) is 3.31. The Bertz CT molecular complexity index is 267. The van der Waals surface area contributed by atoms with E-state index in [1.54, 1.807) is 0 Å². The minimum atomic E-state index is 0.00576. The molecule has 2 fully saturated rings. The summed E-state index contributed by atoms with van der Waals surface area (Å²) in [6, 6.07) is 1.96. The average Bonchev–Trinajstić information content (AvgIpc) is 3.21. The average molecular weight is 254 g/mol. The molecule has 2 aliphatic rings. The molecule has 2 aliphatic carbocycles. The summed E-state index contributed by atoms with van der Waals surface area (Å²) in [5.74, 6) is 0. The molecule has 18 heavy (non-hydrogen) atoms. The summed E-state index contributed by atoms with van der Waals surface area (Å²) >= 11 is 0. The van der Waals surface area contributed by atoms with Crippen LogP contribution in [0.3, 0.4) is 0 Å². The van der Waals surface area contributed by atoms with Crippen molar-refractivity contribution in [2.45, 2.75) is 82.5 Å². The fourth-order valence-electron chi connectivity index (χ4n) is 3.31. The van der Waals surface area contributed by atoms with E-state index < -0.39 is 0 Å². The Labute approximate surface area is 112 Å². The molecule has 2 N–H and O–H groups in total. The summed E-state index contributed by atoms with van der Waals surface area (Å²) in [5, 5.41) is 13.6. The molecule has 0 aromatic carbocycles. The van der Waals surface area contributed by atoms with Crippen LogP contribution in [0.1, 0.15) is 58.8 Å². The first-order valence-electron chi connectivity index (χ1n) is 7.70. The number of rotatable bonds is 6. The van der Waals surface area contributed by atoms with Crippen molar-refractivity contribution in [3.05, 3.63) is 0 Å². The van der Waals surface area contributed by atoms with Crippen molar-refractivity contribution < 1.29 is 5.11 Å². The second-order valence-corrected chi connectivity index (χ2v) is 6.53. The van der Waals surface area contributed by atoms with Crippen LogP contribution < -0.4 is 5.32 Å². The lowest BCUT2D eigenvalue weighted by molar-refractivity contribution is 0.0536. The van der Waals surface area contributed by atoms with E-state index in [0.717, 1.165) is 12.8 Å². The molecule has 0 bridgehead atoms. The number of hydrogen-bond acceptors (Lipinski definition) is 3. The first kappa shape index (κ1) is 14.3. The van der Waals surface area contributed by atoms with E-state index in [4.69, 9.17) is 0 Å². The molecule has 0 aliphatic heterocycles. The first-order valence-corrected chi connectivity index (χ1v) is 7.70. The number of hydrogen-bond donors (Lipinski definition) is 2. The van der Waals surface area contributed by atoms with Crippen molar-refractivity contribution in [2.75, 3.05) is 13.7 Å². The van der Waals surface area contributed by atoms with Crippen LogP contribution in [0, 0.1) is 0 Å². The highest BCUT2D eigenvalue weighted by atomic mass is 16.3. The topological polar surface area (TPSA) is 35.5 Å². The summed E-state index contributed by atoms with van der Waals surface area (Å²) in [4.78, 5) is 2.53. The van der Waals surface area contributed by atoms with E-state index in [-0.39, 0.29) is 5.54 Å². The van der Waals surface area contributed by atoms with Crippen molar-refractivity contribution in [1.82, 2.24) is 10.2 Å². The molecule has 0 aromatic heterocycles. The summed E-state index contributed by atoms with van der Waals surface area (Å²) < 4.78 is 0. The van der Waals surface area contributed by atoms with Crippen molar-refractivity contribution in [1.29, 1.82) is 0 Å². The molecule has 0 radical (unpaired) electrons. The Hall–Kier alpha value is -0.120. The standard InChI is InChI=1S/C15H30N2O/c1-4-12(2)17(3)14-6-5-9-15(10-14,11-18)16-13-7-8-13/h12-14,16,18H,4-11H2,1-3H3. The van der Waals surface area contributed by atoms with Crippen LogP contribution >= 0.6 is 0 Å². The largest absolute Gasteiger partial charge is 0.394 e.